The van der Waals surface area contributed by atoms with Crippen LogP contribution in [0.4, 0.5) is 0 Å². The van der Waals surface area contributed by atoms with E-state index in [0.717, 1.165) is 29.0 Å². The first-order valence-electron chi connectivity index (χ1n) is 10.9. The highest BCUT2D eigenvalue weighted by Crippen LogP contribution is 2.37. The predicted molar refractivity (Wildman–Crippen MR) is 136 cm³/mol. The van der Waals surface area contributed by atoms with Crippen LogP contribution in [0.15, 0.2) is 69.3 Å². The molecule has 2 aromatic carbocycles. The number of H-pyrrole nitrogens is 1. The molecule has 3 aromatic heterocycles. The zero-order chi connectivity index (χ0) is 23.2. The Morgan fingerprint density at radius 3 is 2.65 bits per heavy atom. The summed E-state index contributed by atoms with van der Waals surface area (Å²) in [5, 5.41) is 1.30. The Morgan fingerprint density at radius 1 is 1.09 bits per heavy atom. The predicted octanol–water partition coefficient (Wildman–Crippen LogP) is 5.00. The number of thiophene rings is 1. The number of aromatic nitrogens is 4. The second kappa shape index (κ2) is 8.41. The molecular formula is C25H20N4O3S2. The van der Waals surface area contributed by atoms with Gasteiger partial charge in [0.25, 0.3) is 11.1 Å². The van der Waals surface area contributed by atoms with Crippen molar-refractivity contribution in [1.82, 2.24) is 19.5 Å². The van der Waals surface area contributed by atoms with E-state index < -0.39 is 0 Å². The molecule has 1 N–H and O–H groups in total. The molecule has 34 heavy (non-hydrogen) atoms. The summed E-state index contributed by atoms with van der Waals surface area (Å²) in [7, 11) is 1.63. The molecule has 5 aromatic rings. The molecule has 170 valence electrons. The van der Waals surface area contributed by atoms with Crippen LogP contribution in [0.3, 0.4) is 0 Å². The average molecular weight is 489 g/mol. The van der Waals surface area contributed by atoms with Gasteiger partial charge in [0, 0.05) is 10.9 Å². The third kappa shape index (κ3) is 3.80. The number of rotatable bonds is 6. The third-order valence-electron chi connectivity index (χ3n) is 5.83. The Balaban J connectivity index is 1.33. The number of ether oxygens (including phenoxy) is 1. The summed E-state index contributed by atoms with van der Waals surface area (Å²) in [6, 6.07) is 17.3. The fourth-order valence-corrected chi connectivity index (χ4v) is 5.90. The van der Waals surface area contributed by atoms with Gasteiger partial charge in [0.15, 0.2) is 5.16 Å². The van der Waals surface area contributed by atoms with Crippen LogP contribution in [-0.2, 0) is 5.75 Å². The van der Waals surface area contributed by atoms with Crippen LogP contribution >= 0.6 is 23.1 Å². The van der Waals surface area contributed by atoms with Gasteiger partial charge in [-0.3, -0.25) is 14.2 Å². The first kappa shape index (κ1) is 21.1. The Hall–Kier alpha value is -3.43. The summed E-state index contributed by atoms with van der Waals surface area (Å²) >= 11 is 2.85. The second-order valence-electron chi connectivity index (χ2n) is 8.17. The number of fused-ring (bicyclic) bond motifs is 2. The number of nitrogens with one attached hydrogen (secondary N) is 1. The lowest BCUT2D eigenvalue weighted by atomic mass is 10.2. The first-order chi connectivity index (χ1) is 16.6. The minimum Gasteiger partial charge on any atom is -0.497 e. The summed E-state index contributed by atoms with van der Waals surface area (Å²) in [6.07, 6.45) is 1.97. The fraction of sp³-hybridized carbons (Fsp3) is 0.200. The molecule has 0 spiro atoms. The molecule has 6 rings (SSSR count). The molecule has 0 unspecified atom stereocenters. The number of aromatic amines is 1. The highest BCUT2D eigenvalue weighted by Gasteiger charge is 2.28. The highest BCUT2D eigenvalue weighted by atomic mass is 32.2. The van der Waals surface area contributed by atoms with Gasteiger partial charge >= 0.3 is 0 Å². The van der Waals surface area contributed by atoms with Gasteiger partial charge in [-0.1, -0.05) is 23.9 Å². The zero-order valence-electron chi connectivity index (χ0n) is 18.3. The van der Waals surface area contributed by atoms with Crippen molar-refractivity contribution in [3.05, 3.63) is 81.1 Å². The summed E-state index contributed by atoms with van der Waals surface area (Å²) in [5.41, 5.74) is 2.20. The maximum atomic E-state index is 13.1. The molecule has 9 heteroatoms. The van der Waals surface area contributed by atoms with Crippen molar-refractivity contribution in [2.24, 2.45) is 0 Å². The van der Waals surface area contributed by atoms with Crippen LogP contribution in [0.2, 0.25) is 0 Å². The highest BCUT2D eigenvalue weighted by molar-refractivity contribution is 7.98. The summed E-state index contributed by atoms with van der Waals surface area (Å²) in [4.78, 5) is 39.2. The van der Waals surface area contributed by atoms with Crippen LogP contribution in [0.25, 0.3) is 31.6 Å². The van der Waals surface area contributed by atoms with Crippen LogP contribution in [0, 0.1) is 0 Å². The van der Waals surface area contributed by atoms with Crippen molar-refractivity contribution in [2.75, 3.05) is 7.11 Å². The maximum Gasteiger partial charge on any atom is 0.268 e. The Labute approximate surface area is 202 Å². The SMILES string of the molecule is COc1ccc(-c2cc3nc(CSc4nc5ccccc5c(=O)n4C4CC4)[nH]c(=O)c3s2)cc1. The molecule has 1 aliphatic carbocycles. The van der Waals surface area contributed by atoms with Crippen molar-refractivity contribution in [3.8, 4) is 16.2 Å². The maximum absolute atomic E-state index is 13.1. The molecular weight excluding hydrogens is 468 g/mol. The average Bonchev–Trinajstić information content (AvgIpc) is 3.60. The van der Waals surface area contributed by atoms with E-state index in [9.17, 15) is 9.59 Å². The van der Waals surface area contributed by atoms with E-state index in [4.69, 9.17) is 14.7 Å². The van der Waals surface area contributed by atoms with Crippen molar-refractivity contribution < 1.29 is 4.74 Å². The van der Waals surface area contributed by atoms with E-state index in [1.165, 1.54) is 23.1 Å². The molecule has 0 atom stereocenters. The molecule has 1 saturated carbocycles. The standard InChI is InChI=1S/C25H20N4O3S2/c1-32-16-10-6-14(7-11-16)20-12-19-22(34-20)23(30)28-21(26-19)13-33-25-27-18-5-3-2-4-17(18)24(31)29(25)15-8-9-15/h2-7,10-12,15H,8-9,13H2,1H3,(H,26,28,30). The Bertz CT molecular complexity index is 1650. The van der Waals surface area contributed by atoms with E-state index in [0.29, 0.717) is 37.9 Å². The largest absolute Gasteiger partial charge is 0.497 e. The Morgan fingerprint density at radius 2 is 1.88 bits per heavy atom. The van der Waals surface area contributed by atoms with Gasteiger partial charge in [-0.25, -0.2) is 9.97 Å². The molecule has 0 bridgehead atoms. The van der Waals surface area contributed by atoms with Crippen molar-refractivity contribution >= 4 is 44.2 Å². The van der Waals surface area contributed by atoms with Crippen molar-refractivity contribution in [2.45, 2.75) is 29.8 Å². The summed E-state index contributed by atoms with van der Waals surface area (Å²) in [6.45, 7) is 0. The molecule has 7 nitrogen and oxygen atoms in total. The normalized spacial score (nSPS) is 13.6. The van der Waals surface area contributed by atoms with E-state index in [1.807, 2.05) is 54.6 Å². The molecule has 0 aliphatic heterocycles. The van der Waals surface area contributed by atoms with E-state index in [2.05, 4.69) is 4.98 Å². The van der Waals surface area contributed by atoms with Crippen LogP contribution < -0.4 is 15.9 Å². The first-order valence-corrected chi connectivity index (χ1v) is 12.7. The number of benzene rings is 2. The Kier molecular flexibility index (Phi) is 5.23. The number of thioether (sulfide) groups is 1. The molecule has 0 saturated heterocycles. The van der Waals surface area contributed by atoms with Gasteiger partial charge < -0.3 is 9.72 Å². The monoisotopic (exact) mass is 488 g/mol. The van der Waals surface area contributed by atoms with Gasteiger partial charge in [-0.2, -0.15) is 0 Å². The lowest BCUT2D eigenvalue weighted by Crippen LogP contribution is -2.22. The van der Waals surface area contributed by atoms with E-state index >= 15 is 0 Å². The second-order valence-corrected chi connectivity index (χ2v) is 10.2. The number of hydrogen-bond donors (Lipinski definition) is 1. The van der Waals surface area contributed by atoms with Crippen LogP contribution in [0.5, 0.6) is 5.75 Å². The zero-order valence-corrected chi connectivity index (χ0v) is 19.9. The molecule has 0 amide bonds. The summed E-state index contributed by atoms with van der Waals surface area (Å²) < 4.78 is 7.62. The minimum atomic E-state index is -0.156. The number of nitrogens with zero attached hydrogens (tertiary/aromatic N) is 3. The minimum absolute atomic E-state index is 0.00512. The van der Waals surface area contributed by atoms with Crippen LogP contribution in [-0.4, -0.2) is 26.6 Å². The lowest BCUT2D eigenvalue weighted by molar-refractivity contribution is 0.415. The van der Waals surface area contributed by atoms with E-state index in [1.54, 1.807) is 11.7 Å². The number of methoxy groups -OCH3 is 1. The third-order valence-corrected chi connectivity index (χ3v) is 7.97. The smallest absolute Gasteiger partial charge is 0.268 e. The van der Waals surface area contributed by atoms with Crippen molar-refractivity contribution in [1.29, 1.82) is 0 Å². The van der Waals surface area contributed by atoms with E-state index in [-0.39, 0.29) is 17.2 Å². The van der Waals surface area contributed by atoms with Gasteiger partial charge in [-0.05, 0) is 60.9 Å². The topological polar surface area (TPSA) is 89.9 Å². The van der Waals surface area contributed by atoms with Gasteiger partial charge in [-0.15, -0.1) is 11.3 Å². The molecule has 1 fully saturated rings. The van der Waals surface area contributed by atoms with Crippen molar-refractivity contribution in [3.63, 3.8) is 0 Å². The molecule has 0 radical (unpaired) electrons. The van der Waals surface area contributed by atoms with Crippen LogP contribution in [0.1, 0.15) is 24.7 Å². The number of hydrogen-bond acceptors (Lipinski definition) is 7. The van der Waals surface area contributed by atoms with Gasteiger partial charge in [0.2, 0.25) is 0 Å². The van der Waals surface area contributed by atoms with Gasteiger partial charge in [0.1, 0.15) is 16.3 Å². The number of para-hydroxylation sites is 1. The summed E-state index contributed by atoms with van der Waals surface area (Å²) in [5.74, 6) is 1.76. The quantitative estimate of drug-likeness (QED) is 0.267. The fourth-order valence-electron chi connectivity index (χ4n) is 3.97. The molecule has 3 heterocycles. The lowest BCUT2D eigenvalue weighted by Gasteiger charge is -2.12. The van der Waals surface area contributed by atoms with Gasteiger partial charge in [0.05, 0.1) is 29.3 Å². The molecule has 1 aliphatic rings.